The highest BCUT2D eigenvalue weighted by molar-refractivity contribution is 6.31. The van der Waals surface area contributed by atoms with Gasteiger partial charge in [0.1, 0.15) is 0 Å². The van der Waals surface area contributed by atoms with Gasteiger partial charge in [-0.3, -0.25) is 0 Å². The number of hydrogen-bond acceptors (Lipinski definition) is 4. The molecule has 0 aromatic carbocycles. The maximum absolute atomic E-state index is 5.81. The van der Waals surface area contributed by atoms with Crippen molar-refractivity contribution >= 4 is 23.1 Å². The fourth-order valence-electron chi connectivity index (χ4n) is 1.11. The maximum atomic E-state index is 5.81. The fourth-order valence-corrected chi connectivity index (χ4v) is 1.37. The van der Waals surface area contributed by atoms with E-state index < -0.39 is 0 Å². The number of nitrogens with zero attached hydrogens (tertiary/aromatic N) is 3. The molecule has 0 spiro atoms. The topological polar surface area (TPSA) is 65.4 Å². The number of ether oxygens (including phenoxy) is 1. The lowest BCUT2D eigenvalue weighted by Crippen LogP contribution is -2.03. The quantitative estimate of drug-likeness (QED) is 0.694. The third-order valence-electron chi connectivity index (χ3n) is 1.69. The molecule has 0 atom stereocenters. The third-order valence-corrected chi connectivity index (χ3v) is 1.94. The van der Waals surface area contributed by atoms with Gasteiger partial charge in [-0.05, 0) is 0 Å². The van der Waals surface area contributed by atoms with Crippen molar-refractivity contribution in [2.45, 2.75) is 0 Å². The van der Waals surface area contributed by atoms with Gasteiger partial charge in [-0.25, -0.2) is 4.98 Å². The van der Waals surface area contributed by atoms with Gasteiger partial charge in [0.15, 0.2) is 22.4 Å². The molecule has 0 saturated heterocycles. The van der Waals surface area contributed by atoms with Crippen molar-refractivity contribution in [1.82, 2.24) is 14.6 Å². The second-order valence-electron chi connectivity index (χ2n) is 2.42. The van der Waals surface area contributed by atoms with Crippen molar-refractivity contribution in [2.75, 3.05) is 12.8 Å². The van der Waals surface area contributed by atoms with Crippen molar-refractivity contribution in [3.05, 3.63) is 17.4 Å². The molecule has 0 fully saturated rings. The summed E-state index contributed by atoms with van der Waals surface area (Å²) in [4.78, 5) is 4.03. The number of fused-ring (bicyclic) bond motifs is 1. The molecule has 0 aliphatic rings. The van der Waals surface area contributed by atoms with E-state index in [9.17, 15) is 0 Å². The van der Waals surface area contributed by atoms with Crippen LogP contribution in [0.3, 0.4) is 0 Å². The summed E-state index contributed by atoms with van der Waals surface area (Å²) in [6.07, 6.45) is 1.59. The largest absolute Gasteiger partial charge is 0.490 e. The molecule has 0 aliphatic carbocycles. The molecule has 2 aromatic heterocycles. The average Bonchev–Trinajstić information content (AvgIpc) is 2.53. The smallest absolute Gasteiger partial charge is 0.198 e. The predicted octanol–water partition coefficient (Wildman–Crippen LogP) is 0.973. The zero-order valence-electron chi connectivity index (χ0n) is 6.86. The summed E-state index contributed by atoms with van der Waals surface area (Å²) in [5.74, 6) is 0.695. The Bertz CT molecular complexity index is 453. The van der Waals surface area contributed by atoms with Crippen LogP contribution < -0.4 is 10.5 Å². The van der Waals surface area contributed by atoms with Crippen LogP contribution in [0, 0.1) is 0 Å². The number of halogens is 1. The Kier molecular flexibility index (Phi) is 1.73. The van der Waals surface area contributed by atoms with Crippen LogP contribution >= 0.6 is 11.6 Å². The fraction of sp³-hybridized carbons (Fsp3) is 0.143. The number of rotatable bonds is 1. The molecular weight excluding hydrogens is 192 g/mol. The molecular formula is C7H7ClN4O. The minimum atomic E-state index is 0.244. The second kappa shape index (κ2) is 2.77. The molecule has 68 valence electrons. The van der Waals surface area contributed by atoms with Gasteiger partial charge in [0, 0.05) is 6.07 Å². The van der Waals surface area contributed by atoms with Crippen molar-refractivity contribution in [3.63, 3.8) is 0 Å². The van der Waals surface area contributed by atoms with Crippen molar-refractivity contribution in [1.29, 1.82) is 0 Å². The highest BCUT2D eigenvalue weighted by Gasteiger charge is 2.11. The first-order valence-corrected chi connectivity index (χ1v) is 3.94. The van der Waals surface area contributed by atoms with Crippen LogP contribution in [0.5, 0.6) is 5.75 Å². The summed E-state index contributed by atoms with van der Waals surface area (Å²) in [5, 5.41) is 4.20. The number of aromatic nitrogens is 3. The summed E-state index contributed by atoms with van der Waals surface area (Å²) in [6.45, 7) is 0. The first-order valence-electron chi connectivity index (χ1n) is 3.56. The molecule has 0 unspecified atom stereocenters. The van der Waals surface area contributed by atoms with Crippen LogP contribution in [0.4, 0.5) is 5.82 Å². The van der Waals surface area contributed by atoms with Gasteiger partial charge in [-0.1, -0.05) is 11.6 Å². The molecule has 2 aromatic rings. The molecule has 0 aliphatic heterocycles. The molecule has 5 nitrogen and oxygen atoms in total. The molecule has 0 bridgehead atoms. The van der Waals surface area contributed by atoms with Crippen molar-refractivity contribution < 1.29 is 4.74 Å². The Morgan fingerprint density at radius 3 is 3.08 bits per heavy atom. The molecule has 2 rings (SSSR count). The van der Waals surface area contributed by atoms with Crippen molar-refractivity contribution in [3.8, 4) is 5.75 Å². The third kappa shape index (κ3) is 1.08. The normalized spacial score (nSPS) is 10.6. The van der Waals surface area contributed by atoms with E-state index in [0.29, 0.717) is 17.2 Å². The minimum absolute atomic E-state index is 0.244. The number of nitrogens with two attached hydrogens (primary N) is 1. The van der Waals surface area contributed by atoms with Gasteiger partial charge in [0.05, 0.1) is 13.3 Å². The lowest BCUT2D eigenvalue weighted by molar-refractivity contribution is 0.412. The summed E-state index contributed by atoms with van der Waals surface area (Å²) in [7, 11) is 1.48. The molecule has 0 amide bonds. The van der Waals surface area contributed by atoms with Gasteiger partial charge < -0.3 is 10.5 Å². The number of methoxy groups -OCH3 is 1. The Morgan fingerprint density at radius 2 is 2.38 bits per heavy atom. The molecule has 0 saturated carbocycles. The van der Waals surface area contributed by atoms with Gasteiger partial charge >= 0.3 is 0 Å². The summed E-state index contributed by atoms with van der Waals surface area (Å²) >= 11 is 5.81. The van der Waals surface area contributed by atoms with E-state index in [0.717, 1.165) is 0 Å². The van der Waals surface area contributed by atoms with Crippen LogP contribution in [-0.4, -0.2) is 21.7 Å². The van der Waals surface area contributed by atoms with E-state index in [4.69, 9.17) is 22.1 Å². The Hall–Kier alpha value is -1.49. The molecule has 6 heteroatoms. The van der Waals surface area contributed by atoms with Gasteiger partial charge in [0.25, 0.3) is 0 Å². The van der Waals surface area contributed by atoms with Crippen LogP contribution in [0.1, 0.15) is 0 Å². The lowest BCUT2D eigenvalue weighted by atomic mass is 10.5. The molecule has 2 heterocycles. The van der Waals surface area contributed by atoms with Crippen LogP contribution in [-0.2, 0) is 0 Å². The van der Waals surface area contributed by atoms with E-state index in [1.165, 1.54) is 11.6 Å². The summed E-state index contributed by atoms with van der Waals surface area (Å²) in [6, 6.07) is 1.71. The van der Waals surface area contributed by atoms with Gasteiger partial charge in [-0.2, -0.15) is 9.61 Å². The monoisotopic (exact) mass is 198 g/mol. The predicted molar refractivity (Wildman–Crippen MR) is 49.0 cm³/mol. The molecule has 13 heavy (non-hydrogen) atoms. The standard InChI is InChI=1S/C7H7ClN4O/c1-13-5-6(8)11-4-2-3-10-12(4)7(5)9/h2-3H,9H2,1H3. The number of hydrogen-bond donors (Lipinski definition) is 1. The van der Waals surface area contributed by atoms with E-state index in [1.54, 1.807) is 12.3 Å². The highest BCUT2D eigenvalue weighted by Crippen LogP contribution is 2.28. The van der Waals surface area contributed by atoms with E-state index >= 15 is 0 Å². The number of anilines is 1. The van der Waals surface area contributed by atoms with Crippen molar-refractivity contribution in [2.24, 2.45) is 0 Å². The van der Waals surface area contributed by atoms with E-state index in [2.05, 4.69) is 10.1 Å². The summed E-state index contributed by atoms with van der Waals surface area (Å²) < 4.78 is 6.44. The summed E-state index contributed by atoms with van der Waals surface area (Å²) in [5.41, 5.74) is 6.33. The Morgan fingerprint density at radius 1 is 1.62 bits per heavy atom. The highest BCUT2D eigenvalue weighted by atomic mass is 35.5. The van der Waals surface area contributed by atoms with Crippen LogP contribution in [0.2, 0.25) is 5.15 Å². The average molecular weight is 199 g/mol. The first kappa shape index (κ1) is 8.12. The zero-order chi connectivity index (χ0) is 9.42. The van der Waals surface area contributed by atoms with Gasteiger partial charge in [-0.15, -0.1) is 0 Å². The Labute approximate surface area is 79.1 Å². The maximum Gasteiger partial charge on any atom is 0.198 e. The van der Waals surface area contributed by atoms with E-state index in [1.807, 2.05) is 0 Å². The zero-order valence-corrected chi connectivity index (χ0v) is 7.62. The van der Waals surface area contributed by atoms with Crippen LogP contribution in [0.15, 0.2) is 12.3 Å². The van der Waals surface area contributed by atoms with E-state index in [-0.39, 0.29) is 5.15 Å². The molecule has 2 N–H and O–H groups in total. The minimum Gasteiger partial charge on any atom is -0.490 e. The lowest BCUT2D eigenvalue weighted by Gasteiger charge is -2.06. The number of nitrogen functional groups attached to an aromatic ring is 1. The first-order chi connectivity index (χ1) is 6.24. The second-order valence-corrected chi connectivity index (χ2v) is 2.78. The molecule has 0 radical (unpaired) electrons. The van der Waals surface area contributed by atoms with Crippen LogP contribution in [0.25, 0.3) is 5.65 Å². The Balaban J connectivity index is 2.85. The SMILES string of the molecule is COc1c(Cl)nc2ccnn2c1N. The van der Waals surface area contributed by atoms with Gasteiger partial charge in [0.2, 0.25) is 0 Å².